The van der Waals surface area contributed by atoms with E-state index in [1.807, 2.05) is 6.92 Å². The van der Waals surface area contributed by atoms with Crippen LogP contribution in [0.25, 0.3) is 0 Å². The van der Waals surface area contributed by atoms with Gasteiger partial charge in [0.1, 0.15) is 6.54 Å². The number of aliphatic carboxylic acids is 1. The first-order chi connectivity index (χ1) is 7.61. The summed E-state index contributed by atoms with van der Waals surface area (Å²) in [5.41, 5.74) is 0. The molecule has 0 aromatic rings. The van der Waals surface area contributed by atoms with Crippen LogP contribution in [0.3, 0.4) is 0 Å². The van der Waals surface area contributed by atoms with Gasteiger partial charge in [-0.2, -0.15) is 0 Å². The van der Waals surface area contributed by atoms with E-state index in [1.54, 1.807) is 7.11 Å². The third-order valence-electron chi connectivity index (χ3n) is 1.91. The Balaban J connectivity index is 3.91. The van der Waals surface area contributed by atoms with E-state index < -0.39 is 5.97 Å². The minimum Gasteiger partial charge on any atom is -0.480 e. The predicted molar refractivity (Wildman–Crippen MR) is 59.4 cm³/mol. The lowest BCUT2D eigenvalue weighted by Gasteiger charge is -2.20. The highest BCUT2D eigenvalue weighted by atomic mass is 16.5. The lowest BCUT2D eigenvalue weighted by molar-refractivity contribution is -0.137. The molecule has 0 saturated heterocycles. The maximum atomic E-state index is 11.5. The molecule has 0 heterocycles. The lowest BCUT2D eigenvalue weighted by atomic mass is 10.4. The number of ether oxygens (including phenoxy) is 1. The van der Waals surface area contributed by atoms with Gasteiger partial charge in [0.25, 0.3) is 0 Å². The summed E-state index contributed by atoms with van der Waals surface area (Å²) in [6, 6.07) is -0.333. The zero-order chi connectivity index (χ0) is 12.4. The molecule has 2 N–H and O–H groups in total. The molecule has 0 aliphatic rings. The van der Waals surface area contributed by atoms with Crippen LogP contribution in [-0.2, 0) is 9.53 Å². The molecule has 0 spiro atoms. The van der Waals surface area contributed by atoms with Crippen molar-refractivity contribution in [3.05, 3.63) is 0 Å². The SMILES string of the molecule is CCCN(CC(=O)O)C(=O)NCCCOC. The third kappa shape index (κ3) is 7.05. The Kier molecular flexibility index (Phi) is 8.24. The maximum Gasteiger partial charge on any atom is 0.323 e. The van der Waals surface area contributed by atoms with Crippen molar-refractivity contribution < 1.29 is 19.4 Å². The Morgan fingerprint density at radius 2 is 2.12 bits per heavy atom. The van der Waals surface area contributed by atoms with E-state index in [4.69, 9.17) is 9.84 Å². The summed E-state index contributed by atoms with van der Waals surface area (Å²) in [5, 5.41) is 11.3. The number of urea groups is 1. The molecule has 0 bridgehead atoms. The molecule has 0 unspecified atom stereocenters. The van der Waals surface area contributed by atoms with Crippen LogP contribution in [-0.4, -0.2) is 55.4 Å². The first kappa shape index (κ1) is 14.7. The van der Waals surface area contributed by atoms with Crippen LogP contribution in [0.2, 0.25) is 0 Å². The van der Waals surface area contributed by atoms with Crippen molar-refractivity contribution in [1.82, 2.24) is 10.2 Å². The second-order valence-corrected chi connectivity index (χ2v) is 3.39. The normalized spacial score (nSPS) is 9.88. The fraction of sp³-hybridized carbons (Fsp3) is 0.800. The molecule has 94 valence electrons. The first-order valence-electron chi connectivity index (χ1n) is 5.35. The van der Waals surface area contributed by atoms with Crippen molar-refractivity contribution in [2.45, 2.75) is 19.8 Å². The van der Waals surface area contributed by atoms with E-state index >= 15 is 0 Å². The molecular formula is C10H20N2O4. The molecule has 0 aliphatic carbocycles. The van der Waals surface area contributed by atoms with Gasteiger partial charge in [0, 0.05) is 26.8 Å². The van der Waals surface area contributed by atoms with Gasteiger partial charge in [-0.15, -0.1) is 0 Å². The predicted octanol–water partition coefficient (Wildman–Crippen LogP) is 0.529. The molecular weight excluding hydrogens is 212 g/mol. The zero-order valence-electron chi connectivity index (χ0n) is 9.86. The minimum atomic E-state index is -1.000. The zero-order valence-corrected chi connectivity index (χ0v) is 9.86. The number of carboxylic acid groups (broad SMARTS) is 1. The molecule has 0 saturated carbocycles. The third-order valence-corrected chi connectivity index (χ3v) is 1.91. The Morgan fingerprint density at radius 1 is 1.44 bits per heavy atom. The Hall–Kier alpha value is -1.30. The second-order valence-electron chi connectivity index (χ2n) is 3.39. The Bertz CT molecular complexity index is 221. The fourth-order valence-corrected chi connectivity index (χ4v) is 1.21. The molecule has 0 aliphatic heterocycles. The van der Waals surface area contributed by atoms with Gasteiger partial charge in [-0.1, -0.05) is 6.92 Å². The topological polar surface area (TPSA) is 78.9 Å². The van der Waals surface area contributed by atoms with Crippen molar-refractivity contribution in [3.63, 3.8) is 0 Å². The summed E-state index contributed by atoms with van der Waals surface area (Å²) in [6.45, 7) is 3.15. The summed E-state index contributed by atoms with van der Waals surface area (Å²) in [7, 11) is 1.59. The number of amides is 2. The summed E-state index contributed by atoms with van der Waals surface area (Å²) in [4.78, 5) is 23.4. The first-order valence-corrected chi connectivity index (χ1v) is 5.35. The van der Waals surface area contributed by atoms with Crippen LogP contribution in [0, 0.1) is 0 Å². The van der Waals surface area contributed by atoms with E-state index in [0.29, 0.717) is 19.7 Å². The van der Waals surface area contributed by atoms with Crippen LogP contribution in [0.4, 0.5) is 4.79 Å². The molecule has 0 aromatic heterocycles. The van der Waals surface area contributed by atoms with Gasteiger partial charge < -0.3 is 20.1 Å². The highest BCUT2D eigenvalue weighted by Crippen LogP contribution is 1.93. The largest absolute Gasteiger partial charge is 0.480 e. The summed E-state index contributed by atoms with van der Waals surface area (Å²) >= 11 is 0. The number of hydrogen-bond acceptors (Lipinski definition) is 3. The molecule has 16 heavy (non-hydrogen) atoms. The minimum absolute atomic E-state index is 0.260. The molecule has 0 radical (unpaired) electrons. The standard InChI is InChI=1S/C10H20N2O4/c1-3-6-12(8-9(13)14)10(15)11-5-4-7-16-2/h3-8H2,1-2H3,(H,11,15)(H,13,14). The van der Waals surface area contributed by atoms with Crippen LogP contribution in [0.5, 0.6) is 0 Å². The Labute approximate surface area is 95.6 Å². The molecule has 0 fully saturated rings. The van der Waals surface area contributed by atoms with Gasteiger partial charge in [-0.25, -0.2) is 4.79 Å². The van der Waals surface area contributed by atoms with E-state index in [9.17, 15) is 9.59 Å². The van der Waals surface area contributed by atoms with Gasteiger partial charge in [-0.05, 0) is 12.8 Å². The number of nitrogens with zero attached hydrogens (tertiary/aromatic N) is 1. The summed E-state index contributed by atoms with van der Waals surface area (Å²) < 4.78 is 4.84. The number of rotatable bonds is 8. The monoisotopic (exact) mass is 232 g/mol. The van der Waals surface area contributed by atoms with Crippen molar-refractivity contribution >= 4 is 12.0 Å². The molecule has 0 rings (SSSR count). The number of methoxy groups -OCH3 is 1. The van der Waals surface area contributed by atoms with Crippen molar-refractivity contribution in [1.29, 1.82) is 0 Å². The van der Waals surface area contributed by atoms with Gasteiger partial charge in [0.05, 0.1) is 0 Å². The number of carbonyl (C=O) groups excluding carboxylic acids is 1. The van der Waals surface area contributed by atoms with Gasteiger partial charge in [0.15, 0.2) is 0 Å². The maximum absolute atomic E-state index is 11.5. The Morgan fingerprint density at radius 3 is 2.62 bits per heavy atom. The average Bonchev–Trinajstić information content (AvgIpc) is 2.23. The van der Waals surface area contributed by atoms with Crippen molar-refractivity contribution in [2.24, 2.45) is 0 Å². The van der Waals surface area contributed by atoms with Gasteiger partial charge in [0.2, 0.25) is 0 Å². The van der Waals surface area contributed by atoms with E-state index in [2.05, 4.69) is 5.32 Å². The number of carboxylic acids is 1. The molecule has 6 heteroatoms. The van der Waals surface area contributed by atoms with E-state index in [1.165, 1.54) is 4.90 Å². The van der Waals surface area contributed by atoms with Crippen LogP contribution in [0.15, 0.2) is 0 Å². The quantitative estimate of drug-likeness (QED) is 0.598. The highest BCUT2D eigenvalue weighted by Gasteiger charge is 2.14. The van der Waals surface area contributed by atoms with Crippen LogP contribution < -0.4 is 5.32 Å². The number of carbonyl (C=O) groups is 2. The van der Waals surface area contributed by atoms with Gasteiger partial charge >= 0.3 is 12.0 Å². The fourth-order valence-electron chi connectivity index (χ4n) is 1.21. The molecule has 0 aromatic carbocycles. The second kappa shape index (κ2) is 8.96. The van der Waals surface area contributed by atoms with Crippen LogP contribution >= 0.6 is 0 Å². The van der Waals surface area contributed by atoms with Crippen LogP contribution in [0.1, 0.15) is 19.8 Å². The highest BCUT2D eigenvalue weighted by molar-refractivity contribution is 5.79. The molecule has 0 atom stereocenters. The summed E-state index contributed by atoms with van der Waals surface area (Å²) in [5.74, 6) is -1.000. The van der Waals surface area contributed by atoms with Crippen molar-refractivity contribution in [3.8, 4) is 0 Å². The lowest BCUT2D eigenvalue weighted by Crippen LogP contribution is -2.43. The summed E-state index contributed by atoms with van der Waals surface area (Å²) in [6.07, 6.45) is 1.45. The average molecular weight is 232 g/mol. The van der Waals surface area contributed by atoms with Gasteiger partial charge in [-0.3, -0.25) is 4.79 Å². The molecule has 2 amide bonds. The molecule has 6 nitrogen and oxygen atoms in total. The van der Waals surface area contributed by atoms with E-state index in [0.717, 1.165) is 12.8 Å². The number of hydrogen-bond donors (Lipinski definition) is 2. The smallest absolute Gasteiger partial charge is 0.323 e. The van der Waals surface area contributed by atoms with E-state index in [-0.39, 0.29) is 12.6 Å². The van der Waals surface area contributed by atoms with Crippen molar-refractivity contribution in [2.75, 3.05) is 33.4 Å². The number of nitrogens with one attached hydrogen (secondary N) is 1.